The van der Waals surface area contributed by atoms with Crippen LogP contribution in [0.3, 0.4) is 0 Å². The lowest BCUT2D eigenvalue weighted by Gasteiger charge is -2.31. The van der Waals surface area contributed by atoms with E-state index in [0.717, 1.165) is 0 Å². The van der Waals surface area contributed by atoms with Crippen molar-refractivity contribution in [3.05, 3.63) is 27.5 Å². The lowest BCUT2D eigenvalue weighted by Crippen LogP contribution is -2.51. The summed E-state index contributed by atoms with van der Waals surface area (Å²) in [4.78, 5) is 0. The number of hydrogen-bond donors (Lipinski definition) is 1. The standard InChI is InChI=1S/C9H3Cl2F8N/c10-3-1-2(5(12)4(11)6(3)20)7(13,8(14,15)16)9(17,18)19/h1H,20H2. The van der Waals surface area contributed by atoms with E-state index >= 15 is 0 Å². The molecule has 1 aromatic carbocycles. The van der Waals surface area contributed by atoms with Crippen molar-refractivity contribution >= 4 is 28.9 Å². The summed E-state index contributed by atoms with van der Waals surface area (Å²) in [6.45, 7) is 0. The molecule has 0 aliphatic carbocycles. The van der Waals surface area contributed by atoms with E-state index in [1.807, 2.05) is 0 Å². The maximum absolute atomic E-state index is 13.6. The van der Waals surface area contributed by atoms with Crippen LogP contribution < -0.4 is 5.73 Å². The van der Waals surface area contributed by atoms with Gasteiger partial charge in [0.2, 0.25) is 0 Å². The Kier molecular flexibility index (Phi) is 4.10. The van der Waals surface area contributed by atoms with Crippen LogP contribution in [-0.2, 0) is 5.67 Å². The Balaban J connectivity index is 3.79. The zero-order valence-corrected chi connectivity index (χ0v) is 10.4. The van der Waals surface area contributed by atoms with Gasteiger partial charge in [-0.1, -0.05) is 23.2 Å². The third-order valence-corrected chi connectivity index (χ3v) is 3.03. The maximum Gasteiger partial charge on any atom is 0.436 e. The van der Waals surface area contributed by atoms with Crippen LogP contribution in [0.15, 0.2) is 6.07 Å². The van der Waals surface area contributed by atoms with E-state index in [-0.39, 0.29) is 6.07 Å². The molecule has 0 bridgehead atoms. The highest BCUT2D eigenvalue weighted by atomic mass is 35.5. The highest BCUT2D eigenvalue weighted by molar-refractivity contribution is 6.39. The number of benzene rings is 1. The molecule has 0 heterocycles. The molecule has 0 unspecified atom stereocenters. The van der Waals surface area contributed by atoms with Crippen molar-refractivity contribution in [2.75, 3.05) is 5.73 Å². The molecule has 1 nitrogen and oxygen atoms in total. The van der Waals surface area contributed by atoms with Gasteiger partial charge >= 0.3 is 18.0 Å². The average molecular weight is 348 g/mol. The number of rotatable bonds is 1. The van der Waals surface area contributed by atoms with Gasteiger partial charge in [0.15, 0.2) is 5.82 Å². The Hall–Kier alpha value is -0.960. The summed E-state index contributed by atoms with van der Waals surface area (Å²) < 4.78 is 102. The summed E-state index contributed by atoms with van der Waals surface area (Å²) in [7, 11) is 0. The van der Waals surface area contributed by atoms with Gasteiger partial charge in [0.1, 0.15) is 5.02 Å². The van der Waals surface area contributed by atoms with Crippen molar-refractivity contribution in [2.24, 2.45) is 0 Å². The van der Waals surface area contributed by atoms with E-state index < -0.39 is 45.1 Å². The van der Waals surface area contributed by atoms with Gasteiger partial charge in [-0.05, 0) is 6.07 Å². The maximum atomic E-state index is 13.6. The van der Waals surface area contributed by atoms with Crippen LogP contribution in [0.1, 0.15) is 5.56 Å². The van der Waals surface area contributed by atoms with Crippen LogP contribution >= 0.6 is 23.2 Å². The minimum Gasteiger partial charge on any atom is -0.396 e. The predicted molar refractivity (Wildman–Crippen MR) is 55.7 cm³/mol. The lowest BCUT2D eigenvalue weighted by molar-refractivity contribution is -0.349. The van der Waals surface area contributed by atoms with Gasteiger partial charge in [-0.2, -0.15) is 26.3 Å². The zero-order chi connectivity index (χ0) is 16.1. The quantitative estimate of drug-likeness (QED) is 0.431. The number of hydrogen-bond acceptors (Lipinski definition) is 1. The molecule has 0 fully saturated rings. The van der Waals surface area contributed by atoms with Gasteiger partial charge in [0, 0.05) is 5.56 Å². The minimum absolute atomic E-state index is 0.195. The highest BCUT2D eigenvalue weighted by Crippen LogP contribution is 2.55. The Morgan fingerprint density at radius 2 is 1.30 bits per heavy atom. The fourth-order valence-corrected chi connectivity index (χ4v) is 1.78. The summed E-state index contributed by atoms with van der Waals surface area (Å²) in [5.41, 5.74) is -4.15. The molecule has 0 saturated heterocycles. The van der Waals surface area contributed by atoms with Crippen LogP contribution in [0.2, 0.25) is 10.0 Å². The fourth-order valence-electron chi connectivity index (χ4n) is 1.33. The molecule has 0 aromatic heterocycles. The van der Waals surface area contributed by atoms with Crippen molar-refractivity contribution in [1.82, 2.24) is 0 Å². The van der Waals surface area contributed by atoms with Crippen LogP contribution in [0, 0.1) is 5.82 Å². The number of alkyl halides is 7. The van der Waals surface area contributed by atoms with Crippen molar-refractivity contribution < 1.29 is 35.1 Å². The molecule has 11 heteroatoms. The Morgan fingerprint density at radius 3 is 1.65 bits per heavy atom. The van der Waals surface area contributed by atoms with Gasteiger partial charge in [-0.25, -0.2) is 8.78 Å². The summed E-state index contributed by atoms with van der Waals surface area (Å²) in [6, 6.07) is -0.195. The van der Waals surface area contributed by atoms with Crippen molar-refractivity contribution in [2.45, 2.75) is 18.0 Å². The molecule has 0 radical (unpaired) electrons. The summed E-state index contributed by atoms with van der Waals surface area (Å²) in [5.74, 6) is -2.29. The average Bonchev–Trinajstić information content (AvgIpc) is 2.27. The summed E-state index contributed by atoms with van der Waals surface area (Å²) in [6.07, 6.45) is -13.0. The molecule has 0 amide bonds. The topological polar surface area (TPSA) is 26.0 Å². The smallest absolute Gasteiger partial charge is 0.396 e. The van der Waals surface area contributed by atoms with E-state index in [0.29, 0.717) is 0 Å². The lowest BCUT2D eigenvalue weighted by atomic mass is 9.93. The number of halogens is 10. The van der Waals surface area contributed by atoms with Gasteiger partial charge in [-0.3, -0.25) is 0 Å². The molecular formula is C9H3Cl2F8N. The number of nitrogen functional groups attached to an aromatic ring is 1. The Morgan fingerprint density at radius 1 is 0.900 bits per heavy atom. The SMILES string of the molecule is Nc1c(Cl)cc(C(F)(C(F)(F)F)C(F)(F)F)c(F)c1Cl. The number of anilines is 1. The van der Waals surface area contributed by atoms with Crippen LogP contribution in [0.5, 0.6) is 0 Å². The van der Waals surface area contributed by atoms with Crippen LogP contribution in [-0.4, -0.2) is 12.4 Å². The van der Waals surface area contributed by atoms with Crippen molar-refractivity contribution in [3.63, 3.8) is 0 Å². The highest BCUT2D eigenvalue weighted by Gasteiger charge is 2.74. The first-order valence-corrected chi connectivity index (χ1v) is 5.26. The fraction of sp³-hybridized carbons (Fsp3) is 0.333. The van der Waals surface area contributed by atoms with Crippen LogP contribution in [0.4, 0.5) is 40.8 Å². The molecule has 1 rings (SSSR count). The van der Waals surface area contributed by atoms with E-state index in [1.165, 1.54) is 0 Å². The molecule has 2 N–H and O–H groups in total. The molecule has 0 aliphatic heterocycles. The second kappa shape index (κ2) is 4.80. The molecular weight excluding hydrogens is 345 g/mol. The third-order valence-electron chi connectivity index (χ3n) is 2.35. The summed E-state index contributed by atoms with van der Waals surface area (Å²) >= 11 is 10.3. The monoisotopic (exact) mass is 347 g/mol. The molecule has 0 spiro atoms. The van der Waals surface area contributed by atoms with Gasteiger partial charge in [0.05, 0.1) is 10.7 Å². The first-order chi connectivity index (χ1) is 8.75. The van der Waals surface area contributed by atoms with Crippen molar-refractivity contribution in [3.8, 4) is 0 Å². The van der Waals surface area contributed by atoms with E-state index in [1.54, 1.807) is 0 Å². The Labute approximate surface area is 116 Å². The number of nitrogens with two attached hydrogens (primary N) is 1. The first kappa shape index (κ1) is 17.1. The predicted octanol–water partition coefficient (Wildman–Crippen LogP) is 5.00. The minimum atomic E-state index is -6.48. The van der Waals surface area contributed by atoms with Gasteiger partial charge in [-0.15, -0.1) is 0 Å². The summed E-state index contributed by atoms with van der Waals surface area (Å²) in [5, 5.41) is -2.27. The second-order valence-electron chi connectivity index (χ2n) is 3.60. The van der Waals surface area contributed by atoms with E-state index in [2.05, 4.69) is 0 Å². The normalized spacial score (nSPS) is 13.7. The van der Waals surface area contributed by atoms with E-state index in [9.17, 15) is 35.1 Å². The second-order valence-corrected chi connectivity index (χ2v) is 4.39. The van der Waals surface area contributed by atoms with Crippen LogP contribution in [0.25, 0.3) is 0 Å². The van der Waals surface area contributed by atoms with E-state index in [4.69, 9.17) is 28.9 Å². The molecule has 0 atom stereocenters. The third kappa shape index (κ3) is 2.37. The molecule has 114 valence electrons. The largest absolute Gasteiger partial charge is 0.436 e. The zero-order valence-electron chi connectivity index (χ0n) is 8.93. The molecule has 1 aromatic rings. The molecule has 0 saturated carbocycles. The molecule has 0 aliphatic rings. The van der Waals surface area contributed by atoms with Crippen molar-refractivity contribution in [1.29, 1.82) is 0 Å². The van der Waals surface area contributed by atoms with Gasteiger partial charge in [0.25, 0.3) is 0 Å². The first-order valence-electron chi connectivity index (χ1n) is 4.51. The molecule has 20 heavy (non-hydrogen) atoms. The Bertz CT molecular complexity index is 522. The van der Waals surface area contributed by atoms with Gasteiger partial charge < -0.3 is 5.73 Å².